The fourth-order valence-electron chi connectivity index (χ4n) is 3.89. The summed E-state index contributed by atoms with van der Waals surface area (Å²) in [5, 5.41) is 8.32. The molecule has 2 aliphatic heterocycles. The van der Waals surface area contributed by atoms with E-state index in [4.69, 9.17) is 4.74 Å². The van der Waals surface area contributed by atoms with Crippen molar-refractivity contribution < 1.29 is 13.9 Å². The zero-order chi connectivity index (χ0) is 20.5. The first-order valence-electron chi connectivity index (χ1n) is 9.94. The van der Waals surface area contributed by atoms with Gasteiger partial charge in [0.2, 0.25) is 0 Å². The Morgan fingerprint density at radius 2 is 1.87 bits per heavy atom. The molecular weight excluding hydrogens is 387 g/mol. The second-order valence-electron chi connectivity index (χ2n) is 7.39. The smallest absolute Gasteiger partial charge is 0.276 e. The van der Waals surface area contributed by atoms with Crippen molar-refractivity contribution in [2.75, 3.05) is 31.1 Å². The summed E-state index contributed by atoms with van der Waals surface area (Å²) < 4.78 is 20.8. The largest absolute Gasteiger partial charge is 0.365 e. The van der Waals surface area contributed by atoms with Gasteiger partial charge in [0.15, 0.2) is 5.69 Å². The number of halogens is 1. The Kier molecular flexibility index (Phi) is 4.88. The minimum Gasteiger partial charge on any atom is -0.365 e. The zero-order valence-corrected chi connectivity index (χ0v) is 16.3. The zero-order valence-electron chi connectivity index (χ0n) is 16.3. The molecule has 8 nitrogen and oxygen atoms in total. The Morgan fingerprint density at radius 1 is 1.07 bits per heavy atom. The van der Waals surface area contributed by atoms with E-state index in [0.29, 0.717) is 31.0 Å². The van der Waals surface area contributed by atoms with Gasteiger partial charge in [0.05, 0.1) is 18.8 Å². The quantitative estimate of drug-likeness (QED) is 0.660. The van der Waals surface area contributed by atoms with Crippen LogP contribution in [0.1, 0.15) is 27.8 Å². The molecule has 3 aromatic rings. The van der Waals surface area contributed by atoms with Crippen LogP contribution in [-0.4, -0.2) is 57.0 Å². The first-order valence-corrected chi connectivity index (χ1v) is 9.94. The molecule has 2 aromatic heterocycles. The molecule has 1 saturated heterocycles. The number of aromatic nitrogens is 4. The molecule has 0 spiro atoms. The highest BCUT2D eigenvalue weighted by Gasteiger charge is 2.31. The van der Waals surface area contributed by atoms with Gasteiger partial charge in [-0.1, -0.05) is 23.4 Å². The Bertz CT molecular complexity index is 1030. The van der Waals surface area contributed by atoms with Crippen LogP contribution < -0.4 is 4.90 Å². The molecule has 1 fully saturated rings. The fourth-order valence-corrected chi connectivity index (χ4v) is 3.89. The standard InChI is InChI=1S/C21H21FN6O2/c22-16-6-4-15(5-7-16)18-13-28-17(14-30-18)20(24-25-28)21(29)27-11-9-26(10-12-27)19-3-1-2-8-23-19/h1-8,18H,9-14H2/t18-/m0/s1. The highest BCUT2D eigenvalue weighted by Crippen LogP contribution is 2.27. The van der Waals surface area contributed by atoms with Crippen LogP contribution in [0.4, 0.5) is 10.2 Å². The second kappa shape index (κ2) is 7.83. The highest BCUT2D eigenvalue weighted by molar-refractivity contribution is 5.93. The third-order valence-corrected chi connectivity index (χ3v) is 5.58. The van der Waals surface area contributed by atoms with Gasteiger partial charge in [-0.15, -0.1) is 5.10 Å². The Labute approximate surface area is 172 Å². The van der Waals surface area contributed by atoms with Gasteiger partial charge in [-0.2, -0.15) is 0 Å². The predicted molar refractivity (Wildman–Crippen MR) is 106 cm³/mol. The SMILES string of the molecule is O=C(c1nnn2c1CO[C@H](c1ccc(F)cc1)C2)N1CCN(c2ccccn2)CC1. The van der Waals surface area contributed by atoms with Crippen molar-refractivity contribution in [3.8, 4) is 0 Å². The summed E-state index contributed by atoms with van der Waals surface area (Å²) in [5.74, 6) is 0.513. The van der Waals surface area contributed by atoms with E-state index in [2.05, 4.69) is 20.2 Å². The maximum Gasteiger partial charge on any atom is 0.276 e. The predicted octanol–water partition coefficient (Wildman–Crippen LogP) is 2.05. The lowest BCUT2D eigenvalue weighted by Gasteiger charge is -2.35. The number of pyridine rings is 1. The number of hydrogen-bond donors (Lipinski definition) is 0. The number of fused-ring (bicyclic) bond motifs is 1. The summed E-state index contributed by atoms with van der Waals surface area (Å²) in [7, 11) is 0. The molecular formula is C21H21FN6O2. The normalized spacial score (nSPS) is 18.9. The topological polar surface area (TPSA) is 76.4 Å². The maximum absolute atomic E-state index is 13.2. The molecule has 30 heavy (non-hydrogen) atoms. The summed E-state index contributed by atoms with van der Waals surface area (Å²) in [4.78, 5) is 21.4. The van der Waals surface area contributed by atoms with Gasteiger partial charge in [-0.3, -0.25) is 4.79 Å². The Morgan fingerprint density at radius 3 is 2.60 bits per heavy atom. The van der Waals surface area contributed by atoms with Crippen LogP contribution in [0, 0.1) is 5.82 Å². The van der Waals surface area contributed by atoms with Crippen molar-refractivity contribution in [3.05, 3.63) is 71.4 Å². The molecule has 1 atom stereocenters. The number of benzene rings is 1. The van der Waals surface area contributed by atoms with E-state index in [0.717, 1.165) is 24.5 Å². The number of carbonyl (C=O) groups excluding carboxylic acids is 1. The van der Waals surface area contributed by atoms with Crippen molar-refractivity contribution in [1.82, 2.24) is 24.9 Å². The van der Waals surface area contributed by atoms with Gasteiger partial charge in [0.1, 0.15) is 17.7 Å². The van der Waals surface area contributed by atoms with E-state index < -0.39 is 0 Å². The lowest BCUT2D eigenvalue weighted by atomic mass is 10.1. The Balaban J connectivity index is 1.26. The molecule has 0 unspecified atom stereocenters. The number of ether oxygens (including phenoxy) is 1. The first kappa shape index (κ1) is 18.7. The lowest BCUT2D eigenvalue weighted by molar-refractivity contribution is -0.00199. The molecule has 0 aliphatic carbocycles. The van der Waals surface area contributed by atoms with Crippen molar-refractivity contribution in [1.29, 1.82) is 0 Å². The van der Waals surface area contributed by atoms with Gasteiger partial charge < -0.3 is 14.5 Å². The lowest BCUT2D eigenvalue weighted by Crippen LogP contribution is -2.49. The summed E-state index contributed by atoms with van der Waals surface area (Å²) in [5.41, 5.74) is 1.90. The van der Waals surface area contributed by atoms with E-state index in [1.54, 1.807) is 27.9 Å². The maximum atomic E-state index is 13.2. The van der Waals surface area contributed by atoms with Crippen molar-refractivity contribution >= 4 is 11.7 Å². The molecule has 9 heteroatoms. The van der Waals surface area contributed by atoms with E-state index in [-0.39, 0.29) is 24.4 Å². The van der Waals surface area contributed by atoms with Crippen molar-refractivity contribution in [3.63, 3.8) is 0 Å². The molecule has 5 rings (SSSR count). The number of anilines is 1. The molecule has 4 heterocycles. The third-order valence-electron chi connectivity index (χ3n) is 5.58. The van der Waals surface area contributed by atoms with Crippen LogP contribution in [0.5, 0.6) is 0 Å². The summed E-state index contributed by atoms with van der Waals surface area (Å²) in [6, 6.07) is 12.1. The molecule has 0 bridgehead atoms. The molecule has 2 aliphatic rings. The van der Waals surface area contributed by atoms with Crippen LogP contribution >= 0.6 is 0 Å². The average Bonchev–Trinajstić information content (AvgIpc) is 3.23. The fraction of sp³-hybridized carbons (Fsp3) is 0.333. The van der Waals surface area contributed by atoms with E-state index in [1.165, 1.54) is 12.1 Å². The van der Waals surface area contributed by atoms with Gasteiger partial charge >= 0.3 is 0 Å². The van der Waals surface area contributed by atoms with Crippen LogP contribution in [0.2, 0.25) is 0 Å². The van der Waals surface area contributed by atoms with E-state index in [1.807, 2.05) is 18.2 Å². The molecule has 0 radical (unpaired) electrons. The highest BCUT2D eigenvalue weighted by atomic mass is 19.1. The van der Waals surface area contributed by atoms with Crippen molar-refractivity contribution in [2.24, 2.45) is 0 Å². The summed E-state index contributed by atoms with van der Waals surface area (Å²) in [6.45, 7) is 3.31. The molecule has 0 N–H and O–H groups in total. The van der Waals surface area contributed by atoms with Gasteiger partial charge in [0.25, 0.3) is 5.91 Å². The van der Waals surface area contributed by atoms with Gasteiger partial charge in [-0.25, -0.2) is 14.1 Å². The van der Waals surface area contributed by atoms with Crippen LogP contribution in [-0.2, 0) is 17.9 Å². The molecule has 1 aromatic carbocycles. The van der Waals surface area contributed by atoms with Crippen LogP contribution in [0.25, 0.3) is 0 Å². The molecule has 154 valence electrons. The number of amides is 1. The monoisotopic (exact) mass is 408 g/mol. The van der Waals surface area contributed by atoms with E-state index >= 15 is 0 Å². The number of hydrogen-bond acceptors (Lipinski definition) is 6. The average molecular weight is 408 g/mol. The van der Waals surface area contributed by atoms with Crippen LogP contribution in [0.3, 0.4) is 0 Å². The minimum atomic E-state index is -0.285. The van der Waals surface area contributed by atoms with Crippen molar-refractivity contribution in [2.45, 2.75) is 19.3 Å². The Hall–Kier alpha value is -3.33. The van der Waals surface area contributed by atoms with E-state index in [9.17, 15) is 9.18 Å². The number of piperazine rings is 1. The molecule has 0 saturated carbocycles. The van der Waals surface area contributed by atoms with Gasteiger partial charge in [-0.05, 0) is 29.8 Å². The molecule has 1 amide bonds. The minimum absolute atomic E-state index is 0.124. The second-order valence-corrected chi connectivity index (χ2v) is 7.39. The number of carbonyl (C=O) groups is 1. The number of nitrogens with zero attached hydrogens (tertiary/aromatic N) is 6. The van der Waals surface area contributed by atoms with Crippen LogP contribution in [0.15, 0.2) is 48.7 Å². The summed E-state index contributed by atoms with van der Waals surface area (Å²) in [6.07, 6.45) is 1.53. The first-order chi connectivity index (χ1) is 14.7. The number of rotatable bonds is 3. The van der Waals surface area contributed by atoms with Gasteiger partial charge in [0, 0.05) is 32.4 Å². The third kappa shape index (κ3) is 3.52. The summed E-state index contributed by atoms with van der Waals surface area (Å²) >= 11 is 0.